The lowest BCUT2D eigenvalue weighted by Gasteiger charge is -2.12. The molecule has 0 saturated heterocycles. The molecule has 2 aliphatic carbocycles. The summed E-state index contributed by atoms with van der Waals surface area (Å²) < 4.78 is 0. The van der Waals surface area contributed by atoms with E-state index in [0.29, 0.717) is 0 Å². The zero-order chi connectivity index (χ0) is 8.23. The summed E-state index contributed by atoms with van der Waals surface area (Å²) in [4.78, 5) is 0. The van der Waals surface area contributed by atoms with Gasteiger partial charge in [-0.15, -0.1) is 0 Å². The van der Waals surface area contributed by atoms with Crippen molar-refractivity contribution in [1.82, 2.24) is 0 Å². The Bertz CT molecular complexity index is 150. The highest BCUT2D eigenvalue weighted by molar-refractivity contribution is 4.96. The molecule has 12 heavy (non-hydrogen) atoms. The lowest BCUT2D eigenvalue weighted by atomic mass is 9.93. The van der Waals surface area contributed by atoms with E-state index in [1.165, 1.54) is 38.5 Å². The molecule has 0 aromatic carbocycles. The predicted octanol–water partition coefficient (Wildman–Crippen LogP) is 3.70. The van der Waals surface area contributed by atoms with Gasteiger partial charge in [0.15, 0.2) is 0 Å². The predicted molar refractivity (Wildman–Crippen MR) is 53.0 cm³/mol. The summed E-state index contributed by atoms with van der Waals surface area (Å²) in [6.07, 6.45) is 17.7. The maximum atomic E-state index is 2.34. The van der Waals surface area contributed by atoms with E-state index in [-0.39, 0.29) is 0 Å². The second kappa shape index (κ2) is 3.93. The van der Waals surface area contributed by atoms with Crippen LogP contribution in [0, 0.1) is 11.8 Å². The van der Waals surface area contributed by atoms with Gasteiger partial charge in [0.05, 0.1) is 0 Å². The highest BCUT2D eigenvalue weighted by Crippen LogP contribution is 2.29. The van der Waals surface area contributed by atoms with E-state index in [9.17, 15) is 0 Å². The van der Waals surface area contributed by atoms with Crippen molar-refractivity contribution >= 4 is 0 Å². The summed E-state index contributed by atoms with van der Waals surface area (Å²) in [6, 6.07) is 0. The maximum Gasteiger partial charge on any atom is -0.0319 e. The molecule has 0 bridgehead atoms. The van der Waals surface area contributed by atoms with Gasteiger partial charge in [0.2, 0.25) is 0 Å². The Hall–Kier alpha value is -0.520. The van der Waals surface area contributed by atoms with E-state index >= 15 is 0 Å². The molecule has 2 rings (SSSR count). The molecule has 0 fully saturated rings. The van der Waals surface area contributed by atoms with Crippen LogP contribution >= 0.6 is 0 Å². The van der Waals surface area contributed by atoms with Gasteiger partial charge in [-0.05, 0) is 50.4 Å². The fourth-order valence-electron chi connectivity index (χ4n) is 2.29. The van der Waals surface area contributed by atoms with Crippen molar-refractivity contribution in [2.24, 2.45) is 11.8 Å². The van der Waals surface area contributed by atoms with Gasteiger partial charge in [-0.2, -0.15) is 0 Å². The molecular formula is C12H18. The van der Waals surface area contributed by atoms with Crippen molar-refractivity contribution in [1.29, 1.82) is 0 Å². The third-order valence-corrected chi connectivity index (χ3v) is 3.19. The first-order valence-corrected chi connectivity index (χ1v) is 5.25. The van der Waals surface area contributed by atoms with E-state index in [0.717, 1.165) is 11.8 Å². The second-order valence-corrected chi connectivity index (χ2v) is 4.20. The first kappa shape index (κ1) is 8.10. The summed E-state index contributed by atoms with van der Waals surface area (Å²) >= 11 is 0. The quantitative estimate of drug-likeness (QED) is 0.555. The van der Waals surface area contributed by atoms with Crippen LogP contribution < -0.4 is 0 Å². The van der Waals surface area contributed by atoms with E-state index in [1.807, 2.05) is 0 Å². The Morgan fingerprint density at radius 2 is 1.00 bits per heavy atom. The third kappa shape index (κ3) is 2.00. The monoisotopic (exact) mass is 162 g/mol. The fourth-order valence-corrected chi connectivity index (χ4v) is 2.29. The molecule has 0 N–H and O–H groups in total. The molecule has 0 heterocycles. The van der Waals surface area contributed by atoms with Crippen LogP contribution in [0.5, 0.6) is 0 Å². The maximum absolute atomic E-state index is 2.34. The topological polar surface area (TPSA) is 0 Å². The molecule has 66 valence electrons. The number of allylic oxidation sites excluding steroid dienone is 4. The van der Waals surface area contributed by atoms with Gasteiger partial charge in [-0.3, -0.25) is 0 Å². The highest BCUT2D eigenvalue weighted by atomic mass is 14.2. The van der Waals surface area contributed by atoms with Crippen molar-refractivity contribution in [3.63, 3.8) is 0 Å². The number of rotatable bonds is 3. The van der Waals surface area contributed by atoms with Gasteiger partial charge in [-0.25, -0.2) is 0 Å². The van der Waals surface area contributed by atoms with Crippen LogP contribution in [0.1, 0.15) is 38.5 Å². The average Bonchev–Trinajstić information content (AvgIpc) is 2.74. The third-order valence-electron chi connectivity index (χ3n) is 3.19. The van der Waals surface area contributed by atoms with Gasteiger partial charge < -0.3 is 0 Å². The first-order valence-electron chi connectivity index (χ1n) is 5.25. The van der Waals surface area contributed by atoms with E-state index in [4.69, 9.17) is 0 Å². The molecule has 0 atom stereocenters. The minimum atomic E-state index is 0.991. The van der Waals surface area contributed by atoms with E-state index in [1.54, 1.807) is 0 Å². The molecular weight excluding hydrogens is 144 g/mol. The zero-order valence-electron chi connectivity index (χ0n) is 7.71. The van der Waals surface area contributed by atoms with Crippen LogP contribution in [-0.4, -0.2) is 0 Å². The molecule has 2 aliphatic rings. The minimum absolute atomic E-state index is 0.991. The SMILES string of the molecule is C1=CCC(CCC2CC=CC2)C1. The Morgan fingerprint density at radius 3 is 1.33 bits per heavy atom. The van der Waals surface area contributed by atoms with Crippen molar-refractivity contribution in [2.75, 3.05) is 0 Å². The Morgan fingerprint density at radius 1 is 0.667 bits per heavy atom. The molecule has 0 aromatic heterocycles. The smallest absolute Gasteiger partial charge is 0.0319 e. The molecule has 0 heteroatoms. The lowest BCUT2D eigenvalue weighted by Crippen LogP contribution is -1.99. The highest BCUT2D eigenvalue weighted by Gasteiger charge is 2.14. The molecule has 0 spiro atoms. The minimum Gasteiger partial charge on any atom is -0.0882 e. The van der Waals surface area contributed by atoms with Gasteiger partial charge in [0.1, 0.15) is 0 Å². The average molecular weight is 162 g/mol. The molecule has 0 nitrogen and oxygen atoms in total. The standard InChI is InChI=1S/C12H18/c1-2-6-11(5-1)9-10-12-7-3-4-8-12/h1-4,11-12H,5-10H2. The largest absolute Gasteiger partial charge is 0.0882 e. The summed E-state index contributed by atoms with van der Waals surface area (Å²) in [5, 5.41) is 0. The van der Waals surface area contributed by atoms with Crippen LogP contribution in [0.2, 0.25) is 0 Å². The van der Waals surface area contributed by atoms with Crippen LogP contribution in [-0.2, 0) is 0 Å². The second-order valence-electron chi connectivity index (χ2n) is 4.20. The number of hydrogen-bond acceptors (Lipinski definition) is 0. The molecule has 0 unspecified atom stereocenters. The van der Waals surface area contributed by atoms with Crippen LogP contribution in [0.15, 0.2) is 24.3 Å². The summed E-state index contributed by atoms with van der Waals surface area (Å²) in [5.74, 6) is 1.98. The van der Waals surface area contributed by atoms with E-state index < -0.39 is 0 Å². The van der Waals surface area contributed by atoms with Crippen molar-refractivity contribution in [3.05, 3.63) is 24.3 Å². The first-order chi connectivity index (χ1) is 5.95. The zero-order valence-corrected chi connectivity index (χ0v) is 7.71. The molecule has 0 amide bonds. The van der Waals surface area contributed by atoms with Crippen LogP contribution in [0.3, 0.4) is 0 Å². The van der Waals surface area contributed by atoms with Crippen molar-refractivity contribution < 1.29 is 0 Å². The van der Waals surface area contributed by atoms with Crippen LogP contribution in [0.4, 0.5) is 0 Å². The van der Waals surface area contributed by atoms with Crippen LogP contribution in [0.25, 0.3) is 0 Å². The lowest BCUT2D eigenvalue weighted by molar-refractivity contribution is 0.417. The van der Waals surface area contributed by atoms with E-state index in [2.05, 4.69) is 24.3 Å². The van der Waals surface area contributed by atoms with Crippen molar-refractivity contribution in [3.8, 4) is 0 Å². The molecule has 0 radical (unpaired) electrons. The van der Waals surface area contributed by atoms with Gasteiger partial charge in [-0.1, -0.05) is 24.3 Å². The Kier molecular flexibility index (Phi) is 2.65. The van der Waals surface area contributed by atoms with Gasteiger partial charge >= 0.3 is 0 Å². The molecule has 0 aromatic rings. The normalized spacial score (nSPS) is 24.3. The summed E-state index contributed by atoms with van der Waals surface area (Å²) in [6.45, 7) is 0. The Balaban J connectivity index is 1.62. The molecule has 0 saturated carbocycles. The summed E-state index contributed by atoms with van der Waals surface area (Å²) in [7, 11) is 0. The molecule has 0 aliphatic heterocycles. The van der Waals surface area contributed by atoms with Crippen molar-refractivity contribution in [2.45, 2.75) is 38.5 Å². The summed E-state index contributed by atoms with van der Waals surface area (Å²) in [5.41, 5.74) is 0. The number of hydrogen-bond donors (Lipinski definition) is 0. The van der Waals surface area contributed by atoms with Gasteiger partial charge in [0, 0.05) is 0 Å². The van der Waals surface area contributed by atoms with Gasteiger partial charge in [0.25, 0.3) is 0 Å². The fraction of sp³-hybridized carbons (Fsp3) is 0.667. The Labute approximate surface area is 75.4 Å².